The normalized spacial score (nSPS) is 16.1. The second kappa shape index (κ2) is 11.3. The van der Waals surface area contributed by atoms with Gasteiger partial charge in [-0.3, -0.25) is 14.5 Å². The second-order valence-electron chi connectivity index (χ2n) is 8.26. The van der Waals surface area contributed by atoms with Gasteiger partial charge < -0.3 is 20.0 Å². The van der Waals surface area contributed by atoms with E-state index < -0.39 is 5.92 Å². The van der Waals surface area contributed by atoms with Crippen molar-refractivity contribution in [2.24, 2.45) is 0 Å². The Balaban J connectivity index is 0.000000287. The maximum absolute atomic E-state index is 12.9. The number of allylic oxidation sites excluding steroid dienone is 1. The molecule has 0 unspecified atom stereocenters. The van der Waals surface area contributed by atoms with Crippen molar-refractivity contribution in [2.45, 2.75) is 32.9 Å². The van der Waals surface area contributed by atoms with E-state index in [0.717, 1.165) is 11.1 Å². The molecule has 35 heavy (non-hydrogen) atoms. The van der Waals surface area contributed by atoms with Crippen LogP contribution in [0.15, 0.2) is 42.5 Å². The number of anilines is 1. The standard InChI is InChI=1S/C17H16N2O6.C7H11F2N/c1-10-5-12(16(25-23)6-15(10)24-22)17(21)19-7-11-3-2-4-14(18-9-20)13(11)8-19;1-2-3-4-10-5-7(8,9)6-10/h2-6,9,22-23H,7-8H2,1H3,(H,18,20);2-3H,4-6H2,1H3/b;3-2+. The average Bonchev–Trinajstić information content (AvgIpc) is 3.27. The summed E-state index contributed by atoms with van der Waals surface area (Å²) in [6.45, 7) is 4.73. The van der Waals surface area contributed by atoms with E-state index in [-0.39, 0.29) is 36.1 Å². The molecule has 2 aromatic rings. The van der Waals surface area contributed by atoms with E-state index >= 15 is 0 Å². The minimum atomic E-state index is -2.42. The molecule has 0 bridgehead atoms. The summed E-state index contributed by atoms with van der Waals surface area (Å²) in [4.78, 5) is 35.3. The van der Waals surface area contributed by atoms with E-state index in [1.54, 1.807) is 28.9 Å². The van der Waals surface area contributed by atoms with E-state index in [2.05, 4.69) is 15.1 Å². The highest BCUT2D eigenvalue weighted by Gasteiger charge is 2.42. The highest BCUT2D eigenvalue weighted by molar-refractivity contribution is 5.98. The van der Waals surface area contributed by atoms with Gasteiger partial charge in [0.1, 0.15) is 0 Å². The van der Waals surface area contributed by atoms with Gasteiger partial charge in [-0.2, -0.15) is 0 Å². The van der Waals surface area contributed by atoms with E-state index in [4.69, 9.17) is 10.5 Å². The van der Waals surface area contributed by atoms with E-state index in [0.29, 0.717) is 37.3 Å². The van der Waals surface area contributed by atoms with Gasteiger partial charge >= 0.3 is 0 Å². The van der Waals surface area contributed by atoms with Crippen LogP contribution in [0.2, 0.25) is 0 Å². The quantitative estimate of drug-likeness (QED) is 0.233. The summed E-state index contributed by atoms with van der Waals surface area (Å²) in [5, 5.41) is 20.5. The zero-order valence-corrected chi connectivity index (χ0v) is 19.3. The van der Waals surface area contributed by atoms with Crippen LogP contribution in [0.3, 0.4) is 0 Å². The van der Waals surface area contributed by atoms with Crippen LogP contribution in [0.25, 0.3) is 0 Å². The lowest BCUT2D eigenvalue weighted by Gasteiger charge is -2.37. The van der Waals surface area contributed by atoms with Crippen LogP contribution in [0.5, 0.6) is 11.5 Å². The molecule has 2 amide bonds. The van der Waals surface area contributed by atoms with Gasteiger partial charge in [0.15, 0.2) is 11.5 Å². The molecule has 0 aliphatic carbocycles. The van der Waals surface area contributed by atoms with Crippen molar-refractivity contribution in [1.82, 2.24) is 9.80 Å². The Morgan fingerprint density at radius 3 is 2.49 bits per heavy atom. The molecule has 0 aromatic heterocycles. The molecule has 2 heterocycles. The lowest BCUT2D eigenvalue weighted by atomic mass is 10.1. The minimum Gasteiger partial charge on any atom is -0.340 e. The molecule has 2 aliphatic rings. The molecule has 4 rings (SSSR count). The molecule has 0 atom stereocenters. The third kappa shape index (κ3) is 6.13. The first-order valence-electron chi connectivity index (χ1n) is 10.8. The maximum atomic E-state index is 12.9. The average molecular weight is 491 g/mol. The molecule has 9 nitrogen and oxygen atoms in total. The van der Waals surface area contributed by atoms with Crippen molar-refractivity contribution >= 4 is 18.0 Å². The summed E-state index contributed by atoms with van der Waals surface area (Å²) in [7, 11) is 0. The molecule has 2 aliphatic heterocycles. The van der Waals surface area contributed by atoms with Crippen LogP contribution < -0.4 is 15.1 Å². The molecule has 1 saturated heterocycles. The summed E-state index contributed by atoms with van der Waals surface area (Å²) in [5.74, 6) is -2.82. The summed E-state index contributed by atoms with van der Waals surface area (Å²) in [6.07, 6.45) is 4.35. The number of nitrogens with zero attached hydrogens (tertiary/aromatic N) is 2. The van der Waals surface area contributed by atoms with Crippen LogP contribution in [0.4, 0.5) is 14.5 Å². The highest BCUT2D eigenvalue weighted by Crippen LogP contribution is 2.34. The fourth-order valence-electron chi connectivity index (χ4n) is 3.94. The van der Waals surface area contributed by atoms with Gasteiger partial charge in [-0.15, -0.1) is 0 Å². The number of nitrogens with one attached hydrogen (secondary N) is 1. The minimum absolute atomic E-state index is 0.0720. The Hall–Kier alpha value is -3.54. The number of hydrogen-bond acceptors (Lipinski definition) is 7. The largest absolute Gasteiger partial charge is 0.340 e. The van der Waals surface area contributed by atoms with Gasteiger partial charge in [0, 0.05) is 37.0 Å². The predicted molar refractivity (Wildman–Crippen MR) is 124 cm³/mol. The number of benzene rings is 2. The van der Waals surface area contributed by atoms with Gasteiger partial charge in [-0.05, 0) is 37.1 Å². The van der Waals surface area contributed by atoms with Crippen LogP contribution in [-0.4, -0.2) is 58.2 Å². The van der Waals surface area contributed by atoms with Crippen molar-refractivity contribution in [3.05, 3.63) is 64.7 Å². The third-order valence-corrected chi connectivity index (χ3v) is 5.70. The molecule has 0 saturated carbocycles. The molecule has 2 aromatic carbocycles. The summed E-state index contributed by atoms with van der Waals surface area (Å²) < 4.78 is 24.3. The molecule has 188 valence electrons. The molecular formula is C24H27F2N3O6. The number of carbonyl (C=O) groups is 2. The Labute approximate surface area is 201 Å². The van der Waals surface area contributed by atoms with Gasteiger partial charge in [-0.25, -0.2) is 19.3 Å². The lowest BCUT2D eigenvalue weighted by molar-refractivity contribution is -0.145. The first-order valence-corrected chi connectivity index (χ1v) is 10.8. The number of carbonyl (C=O) groups excluding carboxylic acids is 2. The van der Waals surface area contributed by atoms with Gasteiger partial charge in [0.05, 0.1) is 18.7 Å². The molecule has 1 fully saturated rings. The molecule has 3 N–H and O–H groups in total. The number of fused-ring (bicyclic) bond motifs is 1. The van der Waals surface area contributed by atoms with Gasteiger partial charge in [0.2, 0.25) is 6.41 Å². The Bertz CT molecular complexity index is 1100. The second-order valence-corrected chi connectivity index (χ2v) is 8.26. The number of amides is 2. The fourth-order valence-corrected chi connectivity index (χ4v) is 3.94. The van der Waals surface area contributed by atoms with Crippen LogP contribution in [0, 0.1) is 6.92 Å². The summed E-state index contributed by atoms with van der Waals surface area (Å²) in [6, 6.07) is 8.15. The predicted octanol–water partition coefficient (Wildman–Crippen LogP) is 3.94. The zero-order chi connectivity index (χ0) is 25.6. The van der Waals surface area contributed by atoms with Crippen LogP contribution >= 0.6 is 0 Å². The number of halogens is 2. The number of likely N-dealkylation sites (tertiary alicyclic amines) is 1. The number of alkyl halides is 2. The SMILES string of the molecule is C/C=C/CN1CC(F)(F)C1.Cc1cc(C(=O)N2Cc3cccc(NC=O)c3C2)c(OO)cc1OO. The number of rotatable bonds is 7. The summed E-state index contributed by atoms with van der Waals surface area (Å²) in [5.41, 5.74) is 3.09. The van der Waals surface area contributed by atoms with E-state index in [9.17, 15) is 18.4 Å². The van der Waals surface area contributed by atoms with Crippen molar-refractivity contribution < 1.29 is 38.7 Å². The van der Waals surface area contributed by atoms with E-state index in [1.165, 1.54) is 12.1 Å². The van der Waals surface area contributed by atoms with Gasteiger partial charge in [-0.1, -0.05) is 24.3 Å². The number of hydrogen-bond donors (Lipinski definition) is 3. The van der Waals surface area contributed by atoms with Crippen LogP contribution in [-0.2, 0) is 17.9 Å². The summed E-state index contributed by atoms with van der Waals surface area (Å²) >= 11 is 0. The maximum Gasteiger partial charge on any atom is 0.272 e. The molecule has 11 heteroatoms. The van der Waals surface area contributed by atoms with E-state index in [1.807, 2.05) is 25.1 Å². The first kappa shape index (κ1) is 26.1. The topological polar surface area (TPSA) is 112 Å². The molecule has 0 spiro atoms. The van der Waals surface area contributed by atoms with Crippen molar-refractivity contribution in [3.8, 4) is 11.5 Å². The monoisotopic (exact) mass is 491 g/mol. The first-order chi connectivity index (χ1) is 16.7. The lowest BCUT2D eigenvalue weighted by Crippen LogP contribution is -2.55. The van der Waals surface area contributed by atoms with Crippen LogP contribution in [0.1, 0.15) is 34.0 Å². The van der Waals surface area contributed by atoms with Crippen molar-refractivity contribution in [2.75, 3.05) is 25.0 Å². The Morgan fingerprint density at radius 2 is 1.89 bits per heavy atom. The highest BCUT2D eigenvalue weighted by atomic mass is 19.3. The fraction of sp³-hybridized carbons (Fsp3) is 0.333. The Kier molecular flexibility index (Phi) is 8.39. The van der Waals surface area contributed by atoms with Crippen molar-refractivity contribution in [3.63, 3.8) is 0 Å². The zero-order valence-electron chi connectivity index (χ0n) is 19.3. The third-order valence-electron chi connectivity index (χ3n) is 5.70. The number of aryl methyl sites for hydroxylation is 1. The van der Waals surface area contributed by atoms with Crippen molar-refractivity contribution in [1.29, 1.82) is 0 Å². The van der Waals surface area contributed by atoms with Gasteiger partial charge in [0.25, 0.3) is 11.8 Å². The molecule has 0 radical (unpaired) electrons. The molecular weight excluding hydrogens is 464 g/mol. The Morgan fingerprint density at radius 1 is 1.17 bits per heavy atom. The smallest absolute Gasteiger partial charge is 0.272 e.